The number of para-hydroxylation sites is 2. The quantitative estimate of drug-likeness (QED) is 0.234. The number of aryl methyl sites for hydroxylation is 1. The van der Waals surface area contributed by atoms with Crippen molar-refractivity contribution in [2.45, 2.75) is 6.92 Å². The topological polar surface area (TPSA) is 4.93 Å². The van der Waals surface area contributed by atoms with Crippen LogP contribution in [-0.2, 0) is 0 Å². The molecule has 0 aliphatic heterocycles. The molecule has 38 heavy (non-hydrogen) atoms. The molecule has 0 aliphatic rings. The third-order valence-electron chi connectivity index (χ3n) is 7.45. The van der Waals surface area contributed by atoms with E-state index >= 15 is 0 Å². The number of rotatable bonds is 4. The van der Waals surface area contributed by atoms with E-state index in [0.29, 0.717) is 0 Å². The molecular formula is C37H27N. The second kappa shape index (κ2) is 9.21. The third kappa shape index (κ3) is 3.81. The van der Waals surface area contributed by atoms with Gasteiger partial charge in [-0.25, -0.2) is 0 Å². The SMILES string of the molecule is Cc1cccc(-c2ccc(-c3ccccc3)cc2-c2ccc3c4ccccc4n(-c4ccccc4)c3c2)c1. The van der Waals surface area contributed by atoms with E-state index in [0.717, 1.165) is 0 Å². The summed E-state index contributed by atoms with van der Waals surface area (Å²) in [6.07, 6.45) is 0. The van der Waals surface area contributed by atoms with Gasteiger partial charge in [-0.3, -0.25) is 0 Å². The van der Waals surface area contributed by atoms with Crippen molar-refractivity contribution in [2.24, 2.45) is 0 Å². The van der Waals surface area contributed by atoms with Crippen molar-refractivity contribution >= 4 is 21.8 Å². The highest BCUT2D eigenvalue weighted by Crippen LogP contribution is 2.39. The highest BCUT2D eigenvalue weighted by atomic mass is 15.0. The number of benzene rings is 6. The molecule has 0 aliphatic carbocycles. The first-order valence-corrected chi connectivity index (χ1v) is 13.1. The summed E-state index contributed by atoms with van der Waals surface area (Å²) in [4.78, 5) is 0. The summed E-state index contributed by atoms with van der Waals surface area (Å²) in [7, 11) is 0. The van der Waals surface area contributed by atoms with Gasteiger partial charge >= 0.3 is 0 Å². The number of hydrogen-bond acceptors (Lipinski definition) is 0. The number of nitrogens with zero attached hydrogens (tertiary/aromatic N) is 1. The molecule has 7 rings (SSSR count). The minimum atomic E-state index is 1.17. The normalized spacial score (nSPS) is 11.3. The van der Waals surface area contributed by atoms with Crippen molar-refractivity contribution in [1.29, 1.82) is 0 Å². The summed E-state index contributed by atoms with van der Waals surface area (Å²) >= 11 is 0. The zero-order valence-electron chi connectivity index (χ0n) is 21.3. The summed E-state index contributed by atoms with van der Waals surface area (Å²) in [5.74, 6) is 0. The molecule has 1 heteroatoms. The van der Waals surface area contributed by atoms with Gasteiger partial charge < -0.3 is 4.57 Å². The lowest BCUT2D eigenvalue weighted by Gasteiger charge is -2.15. The van der Waals surface area contributed by atoms with E-state index in [9.17, 15) is 0 Å². The van der Waals surface area contributed by atoms with Crippen molar-refractivity contribution in [2.75, 3.05) is 0 Å². The average Bonchev–Trinajstić information content (AvgIpc) is 3.31. The van der Waals surface area contributed by atoms with Crippen molar-refractivity contribution in [3.63, 3.8) is 0 Å². The zero-order chi connectivity index (χ0) is 25.5. The molecule has 0 unspecified atom stereocenters. The lowest BCUT2D eigenvalue weighted by atomic mass is 9.90. The molecule has 0 N–H and O–H groups in total. The lowest BCUT2D eigenvalue weighted by Crippen LogP contribution is -1.94. The van der Waals surface area contributed by atoms with E-state index in [-0.39, 0.29) is 0 Å². The second-order valence-corrected chi connectivity index (χ2v) is 9.92. The Bertz CT molecular complexity index is 1910. The van der Waals surface area contributed by atoms with E-state index in [1.165, 1.54) is 66.4 Å². The molecule has 0 amide bonds. The van der Waals surface area contributed by atoms with Crippen LogP contribution in [0.5, 0.6) is 0 Å². The number of hydrogen-bond donors (Lipinski definition) is 0. The Labute approximate surface area is 223 Å². The van der Waals surface area contributed by atoms with Gasteiger partial charge in [0.05, 0.1) is 11.0 Å². The van der Waals surface area contributed by atoms with Gasteiger partial charge in [-0.2, -0.15) is 0 Å². The molecule has 0 saturated carbocycles. The molecule has 1 heterocycles. The largest absolute Gasteiger partial charge is 0.309 e. The van der Waals surface area contributed by atoms with E-state index in [1.54, 1.807) is 0 Å². The van der Waals surface area contributed by atoms with Crippen molar-refractivity contribution < 1.29 is 0 Å². The van der Waals surface area contributed by atoms with E-state index < -0.39 is 0 Å². The van der Waals surface area contributed by atoms with E-state index in [4.69, 9.17) is 0 Å². The predicted octanol–water partition coefficient (Wildman–Crippen LogP) is 10.1. The maximum Gasteiger partial charge on any atom is 0.0547 e. The van der Waals surface area contributed by atoms with E-state index in [1.807, 2.05) is 0 Å². The third-order valence-corrected chi connectivity index (χ3v) is 7.45. The molecule has 1 nitrogen and oxygen atoms in total. The highest BCUT2D eigenvalue weighted by Gasteiger charge is 2.15. The zero-order valence-corrected chi connectivity index (χ0v) is 21.3. The molecule has 7 aromatic rings. The Balaban J connectivity index is 1.52. The van der Waals surface area contributed by atoms with E-state index in [2.05, 4.69) is 157 Å². The minimum absolute atomic E-state index is 1.17. The first-order valence-electron chi connectivity index (χ1n) is 13.1. The van der Waals surface area contributed by atoms with Gasteiger partial charge in [0, 0.05) is 16.5 Å². The number of aromatic nitrogens is 1. The monoisotopic (exact) mass is 485 g/mol. The Kier molecular flexibility index (Phi) is 5.41. The summed E-state index contributed by atoms with van der Waals surface area (Å²) in [6.45, 7) is 2.16. The Morgan fingerprint density at radius 1 is 0.395 bits per heavy atom. The smallest absolute Gasteiger partial charge is 0.0547 e. The predicted molar refractivity (Wildman–Crippen MR) is 162 cm³/mol. The maximum absolute atomic E-state index is 2.39. The first kappa shape index (κ1) is 22.3. The van der Waals surface area contributed by atoms with Gasteiger partial charge in [-0.05, 0) is 70.6 Å². The Hall–Kier alpha value is -4.88. The molecule has 0 saturated heterocycles. The average molecular weight is 486 g/mol. The van der Waals surface area contributed by atoms with Crippen LogP contribution in [0.25, 0.3) is 60.9 Å². The Morgan fingerprint density at radius 3 is 1.87 bits per heavy atom. The van der Waals surface area contributed by atoms with Gasteiger partial charge in [0.15, 0.2) is 0 Å². The first-order chi connectivity index (χ1) is 18.8. The van der Waals surface area contributed by atoms with Crippen LogP contribution >= 0.6 is 0 Å². The standard InChI is InChI=1S/C37H27N/c1-26-11-10-14-29(23-26)32-21-19-28(27-12-4-2-5-13-27)24-35(32)30-20-22-34-33-17-8-9-18-36(33)38(37(34)25-30)31-15-6-3-7-16-31/h2-25H,1H3. The minimum Gasteiger partial charge on any atom is -0.309 e. The summed E-state index contributed by atoms with van der Waals surface area (Å²) in [6, 6.07) is 52.6. The van der Waals surface area contributed by atoms with Crippen LogP contribution < -0.4 is 0 Å². The summed E-state index contributed by atoms with van der Waals surface area (Å²) in [5.41, 5.74) is 12.3. The van der Waals surface area contributed by atoms with Crippen LogP contribution in [0.15, 0.2) is 146 Å². The molecular weight excluding hydrogens is 458 g/mol. The van der Waals surface area contributed by atoms with Crippen molar-refractivity contribution in [3.05, 3.63) is 151 Å². The number of fused-ring (bicyclic) bond motifs is 3. The van der Waals surface area contributed by atoms with Crippen LogP contribution in [0.3, 0.4) is 0 Å². The van der Waals surface area contributed by atoms with Crippen LogP contribution in [0.2, 0.25) is 0 Å². The summed E-state index contributed by atoms with van der Waals surface area (Å²) < 4.78 is 2.39. The molecule has 0 fully saturated rings. The van der Waals surface area contributed by atoms with Crippen molar-refractivity contribution in [1.82, 2.24) is 4.57 Å². The second-order valence-electron chi connectivity index (χ2n) is 9.92. The van der Waals surface area contributed by atoms with Gasteiger partial charge in [0.2, 0.25) is 0 Å². The highest BCUT2D eigenvalue weighted by molar-refractivity contribution is 6.10. The van der Waals surface area contributed by atoms with Crippen LogP contribution in [0.4, 0.5) is 0 Å². The summed E-state index contributed by atoms with van der Waals surface area (Å²) in [5, 5.41) is 2.54. The molecule has 6 aromatic carbocycles. The lowest BCUT2D eigenvalue weighted by molar-refractivity contribution is 1.18. The Morgan fingerprint density at radius 2 is 1.05 bits per heavy atom. The van der Waals surface area contributed by atoms with Crippen LogP contribution in [0.1, 0.15) is 5.56 Å². The molecule has 0 spiro atoms. The maximum atomic E-state index is 2.39. The van der Waals surface area contributed by atoms with Crippen LogP contribution in [0, 0.1) is 6.92 Å². The van der Waals surface area contributed by atoms with Gasteiger partial charge in [-0.1, -0.05) is 121 Å². The molecule has 180 valence electrons. The van der Waals surface area contributed by atoms with Crippen molar-refractivity contribution in [3.8, 4) is 39.1 Å². The molecule has 0 radical (unpaired) electrons. The van der Waals surface area contributed by atoms with Gasteiger partial charge in [-0.15, -0.1) is 0 Å². The molecule has 0 bridgehead atoms. The molecule has 1 aromatic heterocycles. The van der Waals surface area contributed by atoms with Gasteiger partial charge in [0.1, 0.15) is 0 Å². The fourth-order valence-electron chi connectivity index (χ4n) is 5.65. The molecule has 0 atom stereocenters. The fourth-order valence-corrected chi connectivity index (χ4v) is 5.65. The fraction of sp³-hybridized carbons (Fsp3) is 0.0270. The van der Waals surface area contributed by atoms with Gasteiger partial charge in [0.25, 0.3) is 0 Å². The van der Waals surface area contributed by atoms with Crippen LogP contribution in [-0.4, -0.2) is 4.57 Å².